The Morgan fingerprint density at radius 3 is 2.47 bits per heavy atom. The minimum Gasteiger partial charge on any atom is -0.454 e. The number of hydrogen-bond donors (Lipinski definition) is 1. The normalized spacial score (nSPS) is 28.3. The van der Waals surface area contributed by atoms with E-state index in [1.54, 1.807) is 0 Å². The maximum atomic E-state index is 11.6. The first-order valence-corrected chi connectivity index (χ1v) is 6.70. The van der Waals surface area contributed by atoms with E-state index in [0.717, 1.165) is 24.0 Å². The summed E-state index contributed by atoms with van der Waals surface area (Å²) < 4.78 is 6.53. The smallest absolute Gasteiger partial charge is 0.338 e. The van der Waals surface area contributed by atoms with Crippen molar-refractivity contribution in [1.82, 2.24) is 0 Å². The van der Waals surface area contributed by atoms with Gasteiger partial charge >= 0.3 is 5.97 Å². The fourth-order valence-corrected chi connectivity index (χ4v) is 3.01. The van der Waals surface area contributed by atoms with Crippen LogP contribution in [0.5, 0.6) is 0 Å². The zero-order valence-electron chi connectivity index (χ0n) is 10.9. The third kappa shape index (κ3) is 2.99. The van der Waals surface area contributed by atoms with Crippen LogP contribution in [-0.2, 0) is 9.53 Å². The van der Waals surface area contributed by atoms with Crippen LogP contribution >= 0.6 is 0 Å². The first kappa shape index (κ1) is 12.8. The van der Waals surface area contributed by atoms with Crippen LogP contribution in [0, 0.1) is 0 Å². The van der Waals surface area contributed by atoms with Crippen LogP contribution in [0.25, 0.3) is 0 Å². The highest BCUT2D eigenvalue weighted by atomic mass is 16.6. The number of nitrogens with zero attached hydrogens (tertiary/aromatic N) is 1. The molecule has 0 aliphatic carbocycles. The second kappa shape index (κ2) is 4.58. The van der Waals surface area contributed by atoms with Crippen molar-refractivity contribution in [2.45, 2.75) is 51.2 Å². The van der Waals surface area contributed by atoms with Crippen LogP contribution in [0.1, 0.15) is 39.5 Å². The summed E-state index contributed by atoms with van der Waals surface area (Å²) in [6, 6.07) is 0. The molecule has 2 saturated heterocycles. The molecule has 0 radical (unpaired) electrons. The fourth-order valence-electron chi connectivity index (χ4n) is 3.01. The third-order valence-corrected chi connectivity index (χ3v) is 4.05. The molecule has 2 fully saturated rings. The number of hydrogen-bond acceptors (Lipinski definition) is 3. The lowest BCUT2D eigenvalue weighted by molar-refractivity contribution is -0.922. The lowest BCUT2D eigenvalue weighted by Gasteiger charge is -2.37. The highest BCUT2D eigenvalue weighted by Crippen LogP contribution is 2.28. The van der Waals surface area contributed by atoms with Gasteiger partial charge in [0.2, 0.25) is 0 Å². The summed E-state index contributed by atoms with van der Waals surface area (Å²) in [5.41, 5.74) is -1.37. The summed E-state index contributed by atoms with van der Waals surface area (Å²) in [6.45, 7) is 7.50. The minimum atomic E-state index is -1.37. The molecule has 0 saturated carbocycles. The van der Waals surface area contributed by atoms with Crippen LogP contribution in [0.2, 0.25) is 0 Å². The van der Waals surface area contributed by atoms with Gasteiger partial charge in [0, 0.05) is 6.42 Å². The average molecular weight is 242 g/mol. The second-order valence-corrected chi connectivity index (χ2v) is 6.13. The van der Waals surface area contributed by atoms with E-state index < -0.39 is 11.6 Å². The van der Waals surface area contributed by atoms with E-state index in [-0.39, 0.29) is 6.10 Å². The van der Waals surface area contributed by atoms with Gasteiger partial charge in [-0.3, -0.25) is 0 Å². The molecule has 2 heterocycles. The van der Waals surface area contributed by atoms with Crippen LogP contribution < -0.4 is 0 Å². The van der Waals surface area contributed by atoms with Gasteiger partial charge in [0.1, 0.15) is 6.54 Å². The Balaban J connectivity index is 1.87. The number of rotatable bonds is 2. The van der Waals surface area contributed by atoms with Gasteiger partial charge in [-0.15, -0.1) is 0 Å². The molecule has 1 atom stereocenters. The van der Waals surface area contributed by atoms with Gasteiger partial charge in [-0.05, 0) is 33.1 Å². The number of aliphatic hydroxyl groups is 1. The second-order valence-electron chi connectivity index (χ2n) is 6.13. The van der Waals surface area contributed by atoms with Crippen molar-refractivity contribution in [3.63, 3.8) is 0 Å². The number of ether oxygens (including phenoxy) is 1. The molecule has 1 unspecified atom stereocenters. The van der Waals surface area contributed by atoms with Crippen LogP contribution in [0.3, 0.4) is 0 Å². The molecule has 0 amide bonds. The first-order chi connectivity index (χ1) is 7.91. The average Bonchev–Trinajstić information content (AvgIpc) is 2.61. The van der Waals surface area contributed by atoms with Crippen molar-refractivity contribution in [2.75, 3.05) is 26.2 Å². The van der Waals surface area contributed by atoms with Crippen LogP contribution in [0.4, 0.5) is 0 Å². The highest BCUT2D eigenvalue weighted by molar-refractivity contribution is 5.78. The predicted octanol–water partition coefficient (Wildman–Crippen LogP) is 1.07. The van der Waals surface area contributed by atoms with E-state index in [2.05, 4.69) is 0 Å². The van der Waals surface area contributed by atoms with E-state index in [1.165, 1.54) is 46.2 Å². The topological polar surface area (TPSA) is 46.5 Å². The van der Waals surface area contributed by atoms with Crippen molar-refractivity contribution in [1.29, 1.82) is 0 Å². The zero-order valence-corrected chi connectivity index (χ0v) is 10.9. The predicted molar refractivity (Wildman–Crippen MR) is 64.4 cm³/mol. The zero-order chi connectivity index (χ0) is 12.5. The van der Waals surface area contributed by atoms with Crippen molar-refractivity contribution in [3.8, 4) is 0 Å². The van der Waals surface area contributed by atoms with Gasteiger partial charge in [-0.2, -0.15) is 0 Å². The maximum absolute atomic E-state index is 11.6. The van der Waals surface area contributed by atoms with Crippen molar-refractivity contribution >= 4 is 5.97 Å². The summed E-state index contributed by atoms with van der Waals surface area (Å²) in [4.78, 5) is 11.6. The lowest BCUT2D eigenvalue weighted by atomic mass is 10.1. The van der Waals surface area contributed by atoms with Gasteiger partial charge in [-0.1, -0.05) is 0 Å². The molecule has 0 aromatic carbocycles. The molecular formula is C13H24NO3+. The summed E-state index contributed by atoms with van der Waals surface area (Å²) in [6.07, 6.45) is 4.89. The standard InChI is InChI=1S/C13H24NO3/c1-13(2,16)12(15)17-11-6-9-14(10-11)7-4-3-5-8-14/h11,16H,3-10H2,1-2H3/q+1. The summed E-state index contributed by atoms with van der Waals surface area (Å²) in [5, 5.41) is 9.57. The highest BCUT2D eigenvalue weighted by Gasteiger charge is 2.42. The summed E-state index contributed by atoms with van der Waals surface area (Å²) >= 11 is 0. The summed E-state index contributed by atoms with van der Waals surface area (Å²) in [7, 11) is 0. The van der Waals surface area contributed by atoms with Gasteiger partial charge in [0.05, 0.1) is 19.6 Å². The van der Waals surface area contributed by atoms with E-state index >= 15 is 0 Å². The number of carbonyl (C=O) groups is 1. The largest absolute Gasteiger partial charge is 0.454 e. The first-order valence-electron chi connectivity index (χ1n) is 6.70. The Labute approximate surface area is 103 Å². The molecule has 0 aromatic heterocycles. The Hall–Kier alpha value is -0.610. The third-order valence-electron chi connectivity index (χ3n) is 4.05. The Morgan fingerprint density at radius 2 is 1.88 bits per heavy atom. The SMILES string of the molecule is CC(C)(O)C(=O)OC1CC[N+]2(CCCCC2)C1. The molecule has 1 N–H and O–H groups in total. The molecule has 4 heteroatoms. The van der Waals surface area contributed by atoms with E-state index in [1.807, 2.05) is 0 Å². The molecule has 17 heavy (non-hydrogen) atoms. The molecule has 1 spiro atoms. The van der Waals surface area contributed by atoms with Crippen molar-refractivity contribution < 1.29 is 19.1 Å². The Morgan fingerprint density at radius 1 is 1.24 bits per heavy atom. The van der Waals surface area contributed by atoms with E-state index in [9.17, 15) is 9.90 Å². The fraction of sp³-hybridized carbons (Fsp3) is 0.923. The molecule has 2 rings (SSSR count). The van der Waals surface area contributed by atoms with Crippen LogP contribution in [0.15, 0.2) is 0 Å². The van der Waals surface area contributed by atoms with Gasteiger partial charge in [0.15, 0.2) is 11.7 Å². The minimum absolute atomic E-state index is 0.00650. The van der Waals surface area contributed by atoms with E-state index in [4.69, 9.17) is 4.74 Å². The van der Waals surface area contributed by atoms with Gasteiger partial charge in [-0.25, -0.2) is 4.79 Å². The van der Waals surface area contributed by atoms with Crippen molar-refractivity contribution in [2.24, 2.45) is 0 Å². The molecule has 2 aliphatic rings. The number of carbonyl (C=O) groups excluding carboxylic acids is 1. The molecule has 2 aliphatic heterocycles. The van der Waals surface area contributed by atoms with Gasteiger partial charge < -0.3 is 14.3 Å². The Kier molecular flexibility index (Phi) is 3.46. The Bertz CT molecular complexity index is 290. The number of quaternary nitrogens is 1. The molecule has 0 bridgehead atoms. The van der Waals surface area contributed by atoms with Gasteiger partial charge in [0.25, 0.3) is 0 Å². The quantitative estimate of drug-likeness (QED) is 0.582. The maximum Gasteiger partial charge on any atom is 0.338 e. The lowest BCUT2D eigenvalue weighted by Crippen LogP contribution is -2.50. The molecule has 0 aromatic rings. The monoisotopic (exact) mass is 242 g/mol. The van der Waals surface area contributed by atoms with Crippen molar-refractivity contribution in [3.05, 3.63) is 0 Å². The molecule has 4 nitrogen and oxygen atoms in total. The van der Waals surface area contributed by atoms with E-state index in [0.29, 0.717) is 0 Å². The number of esters is 1. The molecule has 98 valence electrons. The van der Waals surface area contributed by atoms with Crippen LogP contribution in [-0.4, -0.2) is 53.4 Å². The number of piperidine rings is 1. The molecular weight excluding hydrogens is 218 g/mol. The summed E-state index contributed by atoms with van der Waals surface area (Å²) in [5.74, 6) is -0.487.